The number of benzene rings is 1. The van der Waals surface area contributed by atoms with Gasteiger partial charge in [0.1, 0.15) is 17.9 Å². The summed E-state index contributed by atoms with van der Waals surface area (Å²) in [5.41, 5.74) is 3.80. The maximum Gasteiger partial charge on any atom is 0.413 e. The number of ether oxygens (including phenoxy) is 3. The van der Waals surface area contributed by atoms with Crippen molar-refractivity contribution in [1.29, 1.82) is 0 Å². The second kappa shape index (κ2) is 12.2. The van der Waals surface area contributed by atoms with Crippen LogP contribution in [0.2, 0.25) is 0 Å². The Hall–Kier alpha value is -4.09. The van der Waals surface area contributed by atoms with E-state index in [2.05, 4.69) is 35.1 Å². The number of pyridine rings is 1. The third-order valence-electron chi connectivity index (χ3n) is 5.72. The van der Waals surface area contributed by atoms with Crippen molar-refractivity contribution >= 4 is 23.1 Å². The number of fused-ring (bicyclic) bond motifs is 1. The average Bonchev–Trinajstić information content (AvgIpc) is 3.32. The van der Waals surface area contributed by atoms with Crippen molar-refractivity contribution in [2.24, 2.45) is 0 Å². The standard InChI is InChI=1S/C25H27N7O4.CH4/c1-2-35-25(33)31-24-29-21-14-17(13-20(22(21)30-24)23-27-4-3-5-28-23)18-12-19(16-26-15-18)36-11-8-32-6-9-34-10-7-32;/h3-5,12-16H,2,6-11H2,1H3,(H2,29,30,31,33);1H4. The minimum Gasteiger partial charge on any atom is -0.491 e. The molecule has 3 aromatic heterocycles. The molecule has 4 heterocycles. The largest absolute Gasteiger partial charge is 0.491 e. The SMILES string of the molecule is C.CCOC(=O)Nc1nc2c(-c3ncccn3)cc(-c3cncc(OCCN4CCOCC4)c3)cc2[nH]1. The molecule has 0 saturated carbocycles. The predicted octanol–water partition coefficient (Wildman–Crippen LogP) is 4.00. The van der Waals surface area contributed by atoms with Gasteiger partial charge in [-0.1, -0.05) is 7.43 Å². The summed E-state index contributed by atoms with van der Waals surface area (Å²) in [6.45, 7) is 6.76. The maximum absolute atomic E-state index is 11.9. The number of anilines is 1. The van der Waals surface area contributed by atoms with Crippen molar-refractivity contribution < 1.29 is 19.0 Å². The Labute approximate surface area is 215 Å². The molecule has 1 saturated heterocycles. The number of hydrogen-bond donors (Lipinski definition) is 2. The molecule has 11 heteroatoms. The van der Waals surface area contributed by atoms with E-state index in [9.17, 15) is 4.79 Å². The average molecular weight is 506 g/mol. The van der Waals surface area contributed by atoms with Crippen LogP contribution >= 0.6 is 0 Å². The Morgan fingerprint density at radius 2 is 1.95 bits per heavy atom. The first-order valence-corrected chi connectivity index (χ1v) is 11.8. The molecule has 1 amide bonds. The van der Waals surface area contributed by atoms with Gasteiger partial charge in [0.15, 0.2) is 5.82 Å². The number of H-pyrrole nitrogens is 1. The van der Waals surface area contributed by atoms with Crippen LogP contribution in [0.5, 0.6) is 5.75 Å². The lowest BCUT2D eigenvalue weighted by Gasteiger charge is -2.26. The quantitative estimate of drug-likeness (QED) is 0.365. The predicted molar refractivity (Wildman–Crippen MR) is 140 cm³/mol. The third-order valence-corrected chi connectivity index (χ3v) is 5.72. The summed E-state index contributed by atoms with van der Waals surface area (Å²) in [5.74, 6) is 1.48. The molecule has 0 radical (unpaired) electrons. The number of carbonyl (C=O) groups excluding carboxylic acids is 1. The van der Waals surface area contributed by atoms with Gasteiger partial charge in [-0.25, -0.2) is 19.7 Å². The van der Waals surface area contributed by atoms with Crippen LogP contribution in [0.15, 0.2) is 49.1 Å². The van der Waals surface area contributed by atoms with E-state index < -0.39 is 6.09 Å². The molecular weight excluding hydrogens is 474 g/mol. The van der Waals surface area contributed by atoms with Crippen molar-refractivity contribution in [3.8, 4) is 28.3 Å². The summed E-state index contributed by atoms with van der Waals surface area (Å²) in [7, 11) is 0. The van der Waals surface area contributed by atoms with E-state index in [0.29, 0.717) is 29.2 Å². The number of morpholine rings is 1. The molecule has 1 aromatic carbocycles. The lowest BCUT2D eigenvalue weighted by Crippen LogP contribution is -2.38. The number of carbonyl (C=O) groups is 1. The fraction of sp³-hybridized carbons (Fsp3) is 0.346. The highest BCUT2D eigenvalue weighted by Crippen LogP contribution is 2.33. The zero-order chi connectivity index (χ0) is 24.7. The molecule has 5 rings (SSSR count). The number of rotatable bonds is 8. The first-order valence-electron chi connectivity index (χ1n) is 11.8. The molecule has 0 bridgehead atoms. The monoisotopic (exact) mass is 505 g/mol. The van der Waals surface area contributed by atoms with E-state index in [1.54, 1.807) is 37.8 Å². The summed E-state index contributed by atoms with van der Waals surface area (Å²) in [6, 6.07) is 7.61. The van der Waals surface area contributed by atoms with E-state index in [-0.39, 0.29) is 20.0 Å². The van der Waals surface area contributed by atoms with E-state index >= 15 is 0 Å². The molecule has 1 aliphatic heterocycles. The normalized spacial score (nSPS) is 13.6. The molecule has 37 heavy (non-hydrogen) atoms. The molecule has 194 valence electrons. The minimum atomic E-state index is -0.583. The molecular formula is C26H31N7O4. The smallest absolute Gasteiger partial charge is 0.413 e. The van der Waals surface area contributed by atoms with Crippen LogP contribution in [0.1, 0.15) is 14.4 Å². The van der Waals surface area contributed by atoms with Gasteiger partial charge in [-0.15, -0.1) is 0 Å². The summed E-state index contributed by atoms with van der Waals surface area (Å²) in [4.78, 5) is 35.1. The van der Waals surface area contributed by atoms with Crippen molar-refractivity contribution in [2.75, 3.05) is 51.4 Å². The van der Waals surface area contributed by atoms with Crippen LogP contribution in [0, 0.1) is 0 Å². The van der Waals surface area contributed by atoms with Crippen LogP contribution in [-0.2, 0) is 9.47 Å². The Morgan fingerprint density at radius 1 is 1.14 bits per heavy atom. The van der Waals surface area contributed by atoms with Crippen LogP contribution in [0.3, 0.4) is 0 Å². The van der Waals surface area contributed by atoms with Crippen LogP contribution in [0.4, 0.5) is 10.7 Å². The summed E-state index contributed by atoms with van der Waals surface area (Å²) in [5, 5.41) is 2.62. The van der Waals surface area contributed by atoms with Crippen molar-refractivity contribution in [1.82, 2.24) is 29.8 Å². The number of hydrogen-bond acceptors (Lipinski definition) is 9. The number of aromatic nitrogens is 5. The van der Waals surface area contributed by atoms with Gasteiger partial charge in [0.2, 0.25) is 5.95 Å². The van der Waals surface area contributed by atoms with Gasteiger partial charge in [0.05, 0.1) is 31.5 Å². The lowest BCUT2D eigenvalue weighted by atomic mass is 10.0. The van der Waals surface area contributed by atoms with E-state index in [1.165, 1.54) is 0 Å². The second-order valence-electron chi connectivity index (χ2n) is 8.14. The molecule has 0 aliphatic carbocycles. The Morgan fingerprint density at radius 3 is 2.73 bits per heavy atom. The molecule has 0 unspecified atom stereocenters. The molecule has 0 atom stereocenters. The Bertz CT molecular complexity index is 1320. The number of nitrogens with one attached hydrogen (secondary N) is 2. The highest BCUT2D eigenvalue weighted by atomic mass is 16.5. The van der Waals surface area contributed by atoms with Crippen LogP contribution < -0.4 is 10.1 Å². The zero-order valence-corrected chi connectivity index (χ0v) is 19.9. The zero-order valence-electron chi connectivity index (χ0n) is 19.9. The molecule has 2 N–H and O–H groups in total. The number of aromatic amines is 1. The van der Waals surface area contributed by atoms with Gasteiger partial charge < -0.3 is 19.2 Å². The van der Waals surface area contributed by atoms with Crippen LogP contribution in [-0.4, -0.2) is 82.0 Å². The van der Waals surface area contributed by atoms with Crippen molar-refractivity contribution in [3.05, 3.63) is 49.1 Å². The molecule has 11 nitrogen and oxygen atoms in total. The highest BCUT2D eigenvalue weighted by Gasteiger charge is 2.16. The van der Waals surface area contributed by atoms with E-state index in [0.717, 1.165) is 49.5 Å². The number of nitrogens with zero attached hydrogens (tertiary/aromatic N) is 5. The fourth-order valence-corrected chi connectivity index (χ4v) is 3.99. The second-order valence-corrected chi connectivity index (χ2v) is 8.14. The molecule has 1 fully saturated rings. The van der Waals surface area contributed by atoms with E-state index in [4.69, 9.17) is 14.2 Å². The van der Waals surface area contributed by atoms with E-state index in [1.807, 2.05) is 18.2 Å². The topological polar surface area (TPSA) is 127 Å². The summed E-state index contributed by atoms with van der Waals surface area (Å²) in [6.07, 6.45) is 6.26. The van der Waals surface area contributed by atoms with Gasteiger partial charge in [-0.05, 0) is 36.8 Å². The molecule has 4 aromatic rings. The van der Waals surface area contributed by atoms with Gasteiger partial charge in [-0.3, -0.25) is 15.2 Å². The Kier molecular flexibility index (Phi) is 8.60. The number of amides is 1. The highest BCUT2D eigenvalue weighted by molar-refractivity contribution is 5.96. The van der Waals surface area contributed by atoms with Gasteiger partial charge in [0, 0.05) is 49.4 Å². The minimum absolute atomic E-state index is 0. The first kappa shape index (κ1) is 26.0. The van der Waals surface area contributed by atoms with Crippen LogP contribution in [0.25, 0.3) is 33.5 Å². The third kappa shape index (κ3) is 6.38. The lowest BCUT2D eigenvalue weighted by molar-refractivity contribution is 0.0322. The fourth-order valence-electron chi connectivity index (χ4n) is 3.99. The molecule has 1 aliphatic rings. The van der Waals surface area contributed by atoms with Gasteiger partial charge >= 0.3 is 6.09 Å². The van der Waals surface area contributed by atoms with Gasteiger partial charge in [0.25, 0.3) is 0 Å². The Balaban J connectivity index is 0.00000320. The molecule has 0 spiro atoms. The maximum atomic E-state index is 11.9. The summed E-state index contributed by atoms with van der Waals surface area (Å²) >= 11 is 0. The first-order chi connectivity index (χ1) is 17.7. The van der Waals surface area contributed by atoms with Gasteiger partial charge in [-0.2, -0.15) is 0 Å². The van der Waals surface area contributed by atoms with Crippen molar-refractivity contribution in [3.63, 3.8) is 0 Å². The summed E-state index contributed by atoms with van der Waals surface area (Å²) < 4.78 is 16.4. The van der Waals surface area contributed by atoms with Crippen molar-refractivity contribution in [2.45, 2.75) is 14.4 Å². The number of imidazole rings is 1.